The Kier molecular flexibility index (Phi) is 7.52. The minimum absolute atomic E-state index is 0.494. The van der Waals surface area contributed by atoms with E-state index in [1.807, 2.05) is 10.7 Å². The predicted molar refractivity (Wildman–Crippen MR) is 62.0 cm³/mol. The average Bonchev–Trinajstić information content (AvgIpc) is 1.84. The quantitative estimate of drug-likeness (QED) is 0.526. The van der Waals surface area contributed by atoms with Crippen molar-refractivity contribution in [3.8, 4) is 0 Å². The molecule has 8 radical (unpaired) electrons. The van der Waals surface area contributed by atoms with E-state index in [2.05, 4.69) is 36.7 Å². The highest BCUT2D eigenvalue weighted by Gasteiger charge is 2.24. The van der Waals surface area contributed by atoms with Crippen molar-refractivity contribution >= 4 is 55.1 Å². The molecule has 0 bridgehead atoms. The number of rotatable bonds is 6. The Hall–Kier alpha value is 1.35. The second-order valence-corrected chi connectivity index (χ2v) is 19.0. The van der Waals surface area contributed by atoms with Crippen LogP contribution in [0.3, 0.4) is 0 Å². The molecule has 0 saturated carbocycles. The molecule has 0 saturated heterocycles. The lowest BCUT2D eigenvalue weighted by Gasteiger charge is -2.23. The molecule has 0 aromatic rings. The summed E-state index contributed by atoms with van der Waals surface area (Å²) in [5.41, 5.74) is 0. The van der Waals surface area contributed by atoms with Gasteiger partial charge in [0.1, 0.15) is 8.19 Å². The third kappa shape index (κ3) is 7.98. The van der Waals surface area contributed by atoms with Gasteiger partial charge in [0.05, 0.1) is 0 Å². The largest absolute Gasteiger partial charge is 0.458 e. The van der Waals surface area contributed by atoms with Gasteiger partial charge in [-0.05, 0) is 26.2 Å². The van der Waals surface area contributed by atoms with Crippen molar-refractivity contribution < 1.29 is 8.23 Å². The SMILES string of the molecule is C[Si](C)O[Si](C)(C)[Si]S[Si]O[Si]. The molecule has 0 aliphatic heterocycles. The van der Waals surface area contributed by atoms with Crippen molar-refractivity contribution in [2.24, 2.45) is 0 Å². The fourth-order valence-electron chi connectivity index (χ4n) is 0.696. The zero-order valence-corrected chi connectivity index (χ0v) is 13.5. The second kappa shape index (κ2) is 6.76. The van der Waals surface area contributed by atoms with Crippen LogP contribution in [0.25, 0.3) is 0 Å². The fraction of sp³-hybridized carbons (Fsp3) is 1.00. The van der Waals surface area contributed by atoms with E-state index in [1.54, 1.807) is 0 Å². The normalized spacial score (nSPS) is 12.5. The summed E-state index contributed by atoms with van der Waals surface area (Å²) in [6, 6.07) is 0. The maximum Gasteiger partial charge on any atom is 0.293 e. The molecule has 12 heavy (non-hydrogen) atoms. The van der Waals surface area contributed by atoms with Crippen molar-refractivity contribution in [3.05, 3.63) is 0 Å². The monoisotopic (exact) mass is 264 g/mol. The highest BCUT2D eigenvalue weighted by atomic mass is 32.5. The molecule has 2 nitrogen and oxygen atoms in total. The van der Waals surface area contributed by atoms with Gasteiger partial charge in [0, 0.05) is 0 Å². The fourth-order valence-corrected chi connectivity index (χ4v) is 21.4. The third-order valence-electron chi connectivity index (χ3n) is 0.839. The van der Waals surface area contributed by atoms with Gasteiger partial charge in [0.15, 0.2) is 16.9 Å². The number of hydrogen-bond donors (Lipinski definition) is 0. The highest BCUT2D eigenvalue weighted by Crippen LogP contribution is 2.10. The van der Waals surface area contributed by atoms with Gasteiger partial charge < -0.3 is 8.23 Å². The molecule has 0 aromatic carbocycles. The summed E-state index contributed by atoms with van der Waals surface area (Å²) < 4.78 is 10.8. The molecule has 66 valence electrons. The molecule has 8 heteroatoms. The van der Waals surface area contributed by atoms with Crippen LogP contribution in [0.4, 0.5) is 0 Å². The molecule has 0 unspecified atom stereocenters. The average molecular weight is 265 g/mol. The van der Waals surface area contributed by atoms with Gasteiger partial charge in [-0.15, -0.1) is 0 Å². The van der Waals surface area contributed by atoms with E-state index < -0.39 is 16.9 Å². The third-order valence-corrected chi connectivity index (χ3v) is 18.1. The topological polar surface area (TPSA) is 18.5 Å². The van der Waals surface area contributed by atoms with Crippen LogP contribution in [0.5, 0.6) is 0 Å². The van der Waals surface area contributed by atoms with Gasteiger partial charge >= 0.3 is 0 Å². The first kappa shape index (κ1) is 13.4. The Balaban J connectivity index is 3.56. The van der Waals surface area contributed by atoms with Gasteiger partial charge in [-0.1, -0.05) is 0 Å². The maximum atomic E-state index is 5.95. The summed E-state index contributed by atoms with van der Waals surface area (Å²) in [5.74, 6) is 0. The van der Waals surface area contributed by atoms with Gasteiger partial charge in [0.25, 0.3) is 8.91 Å². The van der Waals surface area contributed by atoms with Crippen LogP contribution in [0.1, 0.15) is 0 Å². The zero-order valence-electron chi connectivity index (χ0n) is 7.72. The summed E-state index contributed by atoms with van der Waals surface area (Å²) in [6.45, 7) is 8.93. The molecular weight excluding hydrogens is 253 g/mol. The molecule has 0 heterocycles. The lowest BCUT2D eigenvalue weighted by molar-refractivity contribution is 0.598. The van der Waals surface area contributed by atoms with Crippen LogP contribution in [-0.4, -0.2) is 44.5 Å². The Morgan fingerprint density at radius 2 is 2.00 bits per heavy atom. The van der Waals surface area contributed by atoms with Crippen LogP contribution in [0.2, 0.25) is 26.2 Å². The summed E-state index contributed by atoms with van der Waals surface area (Å²) in [7, 11) is 4.31. The molecule has 0 amide bonds. The van der Waals surface area contributed by atoms with Gasteiger partial charge in [-0.2, -0.15) is 10.7 Å². The van der Waals surface area contributed by atoms with Crippen LogP contribution in [-0.2, 0) is 8.23 Å². The van der Waals surface area contributed by atoms with Crippen molar-refractivity contribution in [2.45, 2.75) is 26.2 Å². The molecule has 0 aliphatic carbocycles. The van der Waals surface area contributed by atoms with Crippen molar-refractivity contribution in [2.75, 3.05) is 0 Å². The summed E-state index contributed by atoms with van der Waals surface area (Å²) >= 11 is 0. The summed E-state index contributed by atoms with van der Waals surface area (Å²) in [5, 5.41) is 0. The van der Waals surface area contributed by atoms with E-state index in [0.29, 0.717) is 8.91 Å². The Morgan fingerprint density at radius 3 is 2.42 bits per heavy atom. The molecule has 0 fully saturated rings. The first-order chi connectivity index (χ1) is 5.48. The molecule has 0 aliphatic rings. The molecule has 0 aromatic heterocycles. The Bertz CT molecular complexity index is 122. The first-order valence-electron chi connectivity index (χ1n) is 3.47. The maximum absolute atomic E-state index is 5.95. The lowest BCUT2D eigenvalue weighted by atomic mass is 11.9. The van der Waals surface area contributed by atoms with Gasteiger partial charge in [-0.25, -0.2) is 0 Å². The Morgan fingerprint density at radius 1 is 1.42 bits per heavy atom. The standard InChI is InChI=1S/C4H12O2SSi5/c1-11(2)6-12(3,4)10-7-9-5-8/h1-4H3. The van der Waals surface area contributed by atoms with Crippen LogP contribution in [0.15, 0.2) is 0 Å². The van der Waals surface area contributed by atoms with Crippen molar-refractivity contribution in [1.82, 2.24) is 0 Å². The van der Waals surface area contributed by atoms with Crippen molar-refractivity contribution in [1.29, 1.82) is 0 Å². The first-order valence-corrected chi connectivity index (χ1v) is 14.4. The second-order valence-electron chi connectivity index (χ2n) is 2.91. The van der Waals surface area contributed by atoms with E-state index in [4.69, 9.17) is 8.23 Å². The van der Waals surface area contributed by atoms with Gasteiger partial charge in [-0.3, -0.25) is 0 Å². The molecule has 0 spiro atoms. The lowest BCUT2D eigenvalue weighted by Crippen LogP contribution is -2.41. The van der Waals surface area contributed by atoms with Crippen LogP contribution < -0.4 is 0 Å². The molecule has 0 atom stereocenters. The van der Waals surface area contributed by atoms with E-state index in [1.165, 1.54) is 0 Å². The van der Waals surface area contributed by atoms with E-state index in [9.17, 15) is 0 Å². The van der Waals surface area contributed by atoms with Crippen LogP contribution in [0, 0.1) is 0 Å². The van der Waals surface area contributed by atoms with Gasteiger partial charge in [0.2, 0.25) is 10.5 Å². The number of hydrogen-bond acceptors (Lipinski definition) is 3. The minimum atomic E-state index is -1.36. The Labute approximate surface area is 89.4 Å². The predicted octanol–water partition coefficient (Wildman–Crippen LogP) is 0.943. The minimum Gasteiger partial charge on any atom is -0.458 e. The van der Waals surface area contributed by atoms with E-state index in [-0.39, 0.29) is 0 Å². The van der Waals surface area contributed by atoms with Crippen LogP contribution >= 0.6 is 10.7 Å². The van der Waals surface area contributed by atoms with E-state index >= 15 is 0 Å². The smallest absolute Gasteiger partial charge is 0.293 e. The summed E-state index contributed by atoms with van der Waals surface area (Å²) in [4.78, 5) is 0. The van der Waals surface area contributed by atoms with E-state index in [0.717, 1.165) is 8.19 Å². The molecule has 0 rings (SSSR count). The zero-order chi connectivity index (χ0) is 9.61. The molecule has 0 N–H and O–H groups in total. The molecular formula is C4H12O2SSi5. The summed E-state index contributed by atoms with van der Waals surface area (Å²) in [6.07, 6.45) is 0. The van der Waals surface area contributed by atoms with Crippen molar-refractivity contribution in [3.63, 3.8) is 0 Å². The highest BCUT2D eigenvalue weighted by molar-refractivity contribution is 8.44.